The van der Waals surface area contributed by atoms with Gasteiger partial charge in [-0.15, -0.1) is 0 Å². The Morgan fingerprint density at radius 3 is 2.65 bits per heavy atom. The molecule has 1 unspecified atom stereocenters. The van der Waals surface area contributed by atoms with Crippen LogP contribution in [0, 0.1) is 12.8 Å². The van der Waals surface area contributed by atoms with Gasteiger partial charge in [0.15, 0.2) is 9.84 Å². The van der Waals surface area contributed by atoms with Crippen molar-refractivity contribution in [3.63, 3.8) is 0 Å². The zero-order valence-electron chi connectivity index (χ0n) is 11.0. The van der Waals surface area contributed by atoms with E-state index in [0.717, 1.165) is 5.56 Å². The Bertz CT molecular complexity index is 713. The van der Waals surface area contributed by atoms with E-state index in [1.54, 1.807) is 12.1 Å². The standard InChI is InChI=1S/C12H16BrNO4S2/c1-9-2-3-12(11(13)6-9)20(17,18)14-7-10-4-5-19(15,16)8-10/h2-3,6,10,14H,4-5,7-8H2,1H3. The fraction of sp³-hybridized carbons (Fsp3) is 0.500. The first kappa shape index (κ1) is 15.9. The molecule has 1 atom stereocenters. The number of hydrogen-bond acceptors (Lipinski definition) is 4. The smallest absolute Gasteiger partial charge is 0.229 e. The van der Waals surface area contributed by atoms with Gasteiger partial charge in [0, 0.05) is 11.0 Å². The third-order valence-corrected chi connectivity index (χ3v) is 7.50. The van der Waals surface area contributed by atoms with Crippen LogP contribution < -0.4 is 4.72 Å². The van der Waals surface area contributed by atoms with E-state index in [2.05, 4.69) is 20.7 Å². The molecule has 0 aromatic heterocycles. The van der Waals surface area contributed by atoms with Crippen LogP contribution in [-0.2, 0) is 19.9 Å². The van der Waals surface area contributed by atoms with Gasteiger partial charge in [0.1, 0.15) is 0 Å². The van der Waals surface area contributed by atoms with Crippen LogP contribution >= 0.6 is 15.9 Å². The zero-order valence-corrected chi connectivity index (χ0v) is 14.2. The normalized spacial score (nSPS) is 22.0. The van der Waals surface area contributed by atoms with Crippen LogP contribution in [0.15, 0.2) is 27.6 Å². The fourth-order valence-electron chi connectivity index (χ4n) is 2.16. The zero-order chi connectivity index (χ0) is 15.0. The summed E-state index contributed by atoms with van der Waals surface area (Å²) in [6, 6.07) is 4.99. The summed E-state index contributed by atoms with van der Waals surface area (Å²) in [7, 11) is -6.61. The van der Waals surface area contributed by atoms with Crippen molar-refractivity contribution in [1.29, 1.82) is 0 Å². The van der Waals surface area contributed by atoms with E-state index in [0.29, 0.717) is 10.9 Å². The third kappa shape index (κ3) is 3.81. The molecular formula is C12H16BrNO4S2. The number of nitrogens with one attached hydrogen (secondary N) is 1. The van der Waals surface area contributed by atoms with E-state index in [-0.39, 0.29) is 28.9 Å². The monoisotopic (exact) mass is 381 g/mol. The number of benzene rings is 1. The third-order valence-electron chi connectivity index (χ3n) is 3.27. The number of rotatable bonds is 4. The van der Waals surface area contributed by atoms with Crippen LogP contribution in [-0.4, -0.2) is 34.9 Å². The van der Waals surface area contributed by atoms with E-state index < -0.39 is 19.9 Å². The Balaban J connectivity index is 2.08. The van der Waals surface area contributed by atoms with Crippen molar-refractivity contribution in [2.75, 3.05) is 18.1 Å². The first-order valence-electron chi connectivity index (χ1n) is 6.16. The molecule has 0 spiro atoms. The Morgan fingerprint density at radius 1 is 1.40 bits per heavy atom. The highest BCUT2D eigenvalue weighted by Gasteiger charge is 2.29. The summed E-state index contributed by atoms with van der Waals surface area (Å²) in [5.41, 5.74) is 0.956. The van der Waals surface area contributed by atoms with Crippen LogP contribution in [0.4, 0.5) is 0 Å². The molecule has 5 nitrogen and oxygen atoms in total. The van der Waals surface area contributed by atoms with Gasteiger partial charge in [0.2, 0.25) is 10.0 Å². The molecule has 1 fully saturated rings. The number of sulfonamides is 1. The Labute approximate surface area is 127 Å². The minimum atomic E-state index is -3.62. The van der Waals surface area contributed by atoms with Crippen molar-refractivity contribution < 1.29 is 16.8 Å². The first-order valence-corrected chi connectivity index (χ1v) is 10.3. The molecule has 1 aliphatic rings. The summed E-state index contributed by atoms with van der Waals surface area (Å²) in [5, 5.41) is 0. The van der Waals surface area contributed by atoms with Crippen LogP contribution in [0.5, 0.6) is 0 Å². The SMILES string of the molecule is Cc1ccc(S(=O)(=O)NCC2CCS(=O)(=O)C2)c(Br)c1. The summed E-state index contributed by atoms with van der Waals surface area (Å²) in [6.45, 7) is 2.03. The fourth-order valence-corrected chi connectivity index (χ4v) is 6.33. The molecular weight excluding hydrogens is 366 g/mol. The summed E-state index contributed by atoms with van der Waals surface area (Å²) < 4.78 is 50.1. The van der Waals surface area contributed by atoms with Gasteiger partial charge in [-0.05, 0) is 52.9 Å². The topological polar surface area (TPSA) is 80.3 Å². The van der Waals surface area contributed by atoms with Crippen molar-refractivity contribution in [2.24, 2.45) is 5.92 Å². The van der Waals surface area contributed by atoms with Gasteiger partial charge in [0.05, 0.1) is 16.4 Å². The van der Waals surface area contributed by atoms with Gasteiger partial charge < -0.3 is 0 Å². The van der Waals surface area contributed by atoms with Crippen LogP contribution in [0.3, 0.4) is 0 Å². The van der Waals surface area contributed by atoms with E-state index in [1.807, 2.05) is 6.92 Å². The van der Waals surface area contributed by atoms with Gasteiger partial charge in [0.25, 0.3) is 0 Å². The largest absolute Gasteiger partial charge is 0.241 e. The molecule has 0 aliphatic carbocycles. The molecule has 1 heterocycles. The van der Waals surface area contributed by atoms with Crippen molar-refractivity contribution >= 4 is 35.8 Å². The summed E-state index contributed by atoms with van der Waals surface area (Å²) in [4.78, 5) is 0.170. The van der Waals surface area contributed by atoms with Crippen LogP contribution in [0.2, 0.25) is 0 Å². The molecule has 8 heteroatoms. The number of halogens is 1. The van der Waals surface area contributed by atoms with Gasteiger partial charge in [-0.2, -0.15) is 0 Å². The van der Waals surface area contributed by atoms with Gasteiger partial charge in [-0.25, -0.2) is 21.6 Å². The molecule has 1 N–H and O–H groups in total. The Kier molecular flexibility index (Phi) is 4.58. The lowest BCUT2D eigenvalue weighted by atomic mass is 10.1. The molecule has 20 heavy (non-hydrogen) atoms. The second kappa shape index (κ2) is 5.75. The van der Waals surface area contributed by atoms with Gasteiger partial charge >= 0.3 is 0 Å². The lowest BCUT2D eigenvalue weighted by molar-refractivity contribution is 0.543. The average molecular weight is 382 g/mol. The number of hydrogen-bond donors (Lipinski definition) is 1. The van der Waals surface area contributed by atoms with E-state index in [1.165, 1.54) is 6.07 Å². The summed E-state index contributed by atoms with van der Waals surface area (Å²) in [6.07, 6.45) is 0.514. The second-order valence-electron chi connectivity index (χ2n) is 5.05. The van der Waals surface area contributed by atoms with Crippen molar-refractivity contribution in [3.05, 3.63) is 28.2 Å². The molecule has 112 valence electrons. The van der Waals surface area contributed by atoms with E-state index in [4.69, 9.17) is 0 Å². The quantitative estimate of drug-likeness (QED) is 0.855. The Morgan fingerprint density at radius 2 is 2.10 bits per heavy atom. The lowest BCUT2D eigenvalue weighted by Gasteiger charge is -2.12. The molecule has 0 saturated carbocycles. The van der Waals surface area contributed by atoms with E-state index in [9.17, 15) is 16.8 Å². The lowest BCUT2D eigenvalue weighted by Crippen LogP contribution is -2.30. The van der Waals surface area contributed by atoms with Gasteiger partial charge in [-0.3, -0.25) is 0 Å². The maximum absolute atomic E-state index is 12.2. The van der Waals surface area contributed by atoms with Crippen molar-refractivity contribution in [1.82, 2.24) is 4.72 Å². The first-order chi connectivity index (χ1) is 9.20. The van der Waals surface area contributed by atoms with Gasteiger partial charge in [-0.1, -0.05) is 6.07 Å². The molecule has 1 aromatic carbocycles. The second-order valence-corrected chi connectivity index (χ2v) is 9.87. The predicted molar refractivity (Wildman–Crippen MR) is 80.8 cm³/mol. The molecule has 2 rings (SSSR count). The molecule has 0 radical (unpaired) electrons. The summed E-state index contributed by atoms with van der Waals surface area (Å²) in [5.74, 6) is 0.0667. The van der Waals surface area contributed by atoms with Crippen LogP contribution in [0.1, 0.15) is 12.0 Å². The molecule has 1 aliphatic heterocycles. The highest BCUT2D eigenvalue weighted by Crippen LogP contribution is 2.24. The highest BCUT2D eigenvalue weighted by atomic mass is 79.9. The maximum Gasteiger partial charge on any atom is 0.241 e. The predicted octanol–water partition coefficient (Wildman–Crippen LogP) is 1.47. The van der Waals surface area contributed by atoms with Crippen molar-refractivity contribution in [3.8, 4) is 0 Å². The molecule has 1 aromatic rings. The minimum Gasteiger partial charge on any atom is -0.229 e. The molecule has 0 amide bonds. The van der Waals surface area contributed by atoms with E-state index >= 15 is 0 Å². The Hall–Kier alpha value is -0.440. The molecule has 1 saturated heterocycles. The minimum absolute atomic E-state index is 0.0601. The van der Waals surface area contributed by atoms with Crippen molar-refractivity contribution in [2.45, 2.75) is 18.2 Å². The average Bonchev–Trinajstić information content (AvgIpc) is 2.66. The number of sulfone groups is 1. The molecule has 0 bridgehead atoms. The number of aryl methyl sites for hydroxylation is 1. The maximum atomic E-state index is 12.2. The summed E-state index contributed by atoms with van der Waals surface area (Å²) >= 11 is 3.24. The highest BCUT2D eigenvalue weighted by molar-refractivity contribution is 9.10. The van der Waals surface area contributed by atoms with Crippen LogP contribution in [0.25, 0.3) is 0 Å².